The Morgan fingerprint density at radius 2 is 1.95 bits per heavy atom. The Morgan fingerprint density at radius 3 is 2.55 bits per heavy atom. The van der Waals surface area contributed by atoms with E-state index >= 15 is 0 Å². The highest BCUT2D eigenvalue weighted by Gasteiger charge is 2.32. The van der Waals surface area contributed by atoms with Gasteiger partial charge in [-0.1, -0.05) is 29.8 Å². The lowest BCUT2D eigenvalue weighted by Crippen LogP contribution is -2.50. The standard InChI is InChI=1S/C17H26N2O/c1-12-5-7-14(8-6-12)17(3,4)16(20)19-15-9-10-18-13(2)11-15/h5-8,13,15,18H,9-11H2,1-4H3,(H,19,20). The van der Waals surface area contributed by atoms with E-state index in [2.05, 4.69) is 48.7 Å². The molecular weight excluding hydrogens is 248 g/mol. The lowest BCUT2D eigenvalue weighted by atomic mass is 9.83. The maximum absolute atomic E-state index is 12.6. The van der Waals surface area contributed by atoms with Crippen LogP contribution in [0.1, 0.15) is 44.7 Å². The normalized spacial score (nSPS) is 23.4. The maximum atomic E-state index is 12.6. The van der Waals surface area contributed by atoms with E-state index in [-0.39, 0.29) is 5.91 Å². The average Bonchev–Trinajstić information content (AvgIpc) is 2.39. The van der Waals surface area contributed by atoms with E-state index in [0.717, 1.165) is 24.9 Å². The van der Waals surface area contributed by atoms with Crippen molar-refractivity contribution in [2.45, 2.75) is 58.0 Å². The van der Waals surface area contributed by atoms with Crippen molar-refractivity contribution in [3.63, 3.8) is 0 Å². The van der Waals surface area contributed by atoms with Gasteiger partial charge in [-0.2, -0.15) is 0 Å². The van der Waals surface area contributed by atoms with Crippen LogP contribution in [-0.4, -0.2) is 24.5 Å². The molecule has 110 valence electrons. The number of piperidine rings is 1. The third kappa shape index (κ3) is 3.40. The third-order valence-corrected chi connectivity index (χ3v) is 4.30. The molecule has 1 amide bonds. The van der Waals surface area contributed by atoms with Gasteiger partial charge in [-0.3, -0.25) is 4.79 Å². The SMILES string of the molecule is Cc1ccc(C(C)(C)C(=O)NC2CCNC(C)C2)cc1. The first-order chi connectivity index (χ1) is 9.39. The highest BCUT2D eigenvalue weighted by molar-refractivity contribution is 5.87. The summed E-state index contributed by atoms with van der Waals surface area (Å²) in [6.07, 6.45) is 2.02. The van der Waals surface area contributed by atoms with Crippen molar-refractivity contribution in [2.75, 3.05) is 6.54 Å². The second-order valence-corrected chi connectivity index (χ2v) is 6.54. The molecule has 2 N–H and O–H groups in total. The van der Waals surface area contributed by atoms with Crippen LogP contribution in [0.25, 0.3) is 0 Å². The topological polar surface area (TPSA) is 41.1 Å². The molecule has 0 spiro atoms. The summed E-state index contributed by atoms with van der Waals surface area (Å²) in [5, 5.41) is 6.63. The summed E-state index contributed by atoms with van der Waals surface area (Å²) in [7, 11) is 0. The zero-order chi connectivity index (χ0) is 14.8. The van der Waals surface area contributed by atoms with E-state index in [9.17, 15) is 4.79 Å². The molecule has 2 atom stereocenters. The van der Waals surface area contributed by atoms with Gasteiger partial charge in [0, 0.05) is 12.1 Å². The summed E-state index contributed by atoms with van der Waals surface area (Å²) < 4.78 is 0. The molecule has 2 unspecified atom stereocenters. The van der Waals surface area contributed by atoms with Gasteiger partial charge in [0.2, 0.25) is 5.91 Å². The Labute approximate surface area is 122 Å². The van der Waals surface area contributed by atoms with Crippen molar-refractivity contribution in [2.24, 2.45) is 0 Å². The van der Waals surface area contributed by atoms with Crippen LogP contribution in [0, 0.1) is 6.92 Å². The van der Waals surface area contributed by atoms with Gasteiger partial charge in [0.15, 0.2) is 0 Å². The van der Waals surface area contributed by atoms with E-state index in [4.69, 9.17) is 0 Å². The summed E-state index contributed by atoms with van der Waals surface area (Å²) in [4.78, 5) is 12.6. The van der Waals surface area contributed by atoms with Gasteiger partial charge in [-0.15, -0.1) is 0 Å². The average molecular weight is 274 g/mol. The van der Waals surface area contributed by atoms with E-state index < -0.39 is 5.41 Å². The van der Waals surface area contributed by atoms with E-state index in [1.807, 2.05) is 13.8 Å². The van der Waals surface area contributed by atoms with Gasteiger partial charge >= 0.3 is 0 Å². The molecule has 1 aliphatic rings. The minimum Gasteiger partial charge on any atom is -0.353 e. The smallest absolute Gasteiger partial charge is 0.230 e. The first-order valence-electron chi connectivity index (χ1n) is 7.51. The molecule has 3 heteroatoms. The van der Waals surface area contributed by atoms with Crippen LogP contribution in [0.15, 0.2) is 24.3 Å². The number of aryl methyl sites for hydroxylation is 1. The van der Waals surface area contributed by atoms with Crippen LogP contribution in [-0.2, 0) is 10.2 Å². The minimum absolute atomic E-state index is 0.125. The lowest BCUT2D eigenvalue weighted by molar-refractivity contribution is -0.126. The van der Waals surface area contributed by atoms with Gasteiger partial charge in [0.1, 0.15) is 0 Å². The summed E-state index contributed by atoms with van der Waals surface area (Å²) in [5.74, 6) is 0.125. The van der Waals surface area contributed by atoms with Gasteiger partial charge in [-0.05, 0) is 52.6 Å². The first-order valence-corrected chi connectivity index (χ1v) is 7.51. The van der Waals surface area contributed by atoms with Crippen LogP contribution in [0.3, 0.4) is 0 Å². The maximum Gasteiger partial charge on any atom is 0.230 e. The molecule has 0 saturated carbocycles. The number of benzene rings is 1. The minimum atomic E-state index is -0.484. The largest absolute Gasteiger partial charge is 0.353 e. The molecule has 0 aliphatic carbocycles. The molecular formula is C17H26N2O. The Bertz CT molecular complexity index is 464. The molecule has 3 nitrogen and oxygen atoms in total. The first kappa shape index (κ1) is 15.0. The monoisotopic (exact) mass is 274 g/mol. The Morgan fingerprint density at radius 1 is 1.30 bits per heavy atom. The number of nitrogens with one attached hydrogen (secondary N) is 2. The van der Waals surface area contributed by atoms with E-state index in [0.29, 0.717) is 12.1 Å². The van der Waals surface area contributed by atoms with Crippen LogP contribution >= 0.6 is 0 Å². The molecule has 1 aromatic carbocycles. The highest BCUT2D eigenvalue weighted by Crippen LogP contribution is 2.24. The Balaban J connectivity index is 2.04. The molecule has 1 fully saturated rings. The molecule has 0 radical (unpaired) electrons. The molecule has 20 heavy (non-hydrogen) atoms. The molecule has 1 heterocycles. The van der Waals surface area contributed by atoms with Crippen LogP contribution < -0.4 is 10.6 Å². The van der Waals surface area contributed by atoms with Crippen molar-refractivity contribution in [3.05, 3.63) is 35.4 Å². The fourth-order valence-electron chi connectivity index (χ4n) is 2.73. The number of rotatable bonds is 3. The predicted octanol–water partition coefficient (Wildman–Crippen LogP) is 2.53. The van der Waals surface area contributed by atoms with Crippen molar-refractivity contribution in [1.82, 2.24) is 10.6 Å². The summed E-state index contributed by atoms with van der Waals surface area (Å²) in [6.45, 7) is 9.21. The fraction of sp³-hybridized carbons (Fsp3) is 0.588. The van der Waals surface area contributed by atoms with E-state index in [1.165, 1.54) is 5.56 Å². The number of hydrogen-bond donors (Lipinski definition) is 2. The molecule has 2 rings (SSSR count). The molecule has 1 saturated heterocycles. The second kappa shape index (κ2) is 5.96. The van der Waals surface area contributed by atoms with Gasteiger partial charge in [-0.25, -0.2) is 0 Å². The Kier molecular flexibility index (Phi) is 4.48. The van der Waals surface area contributed by atoms with Gasteiger partial charge in [0.25, 0.3) is 0 Å². The lowest BCUT2D eigenvalue weighted by Gasteiger charge is -2.32. The van der Waals surface area contributed by atoms with E-state index in [1.54, 1.807) is 0 Å². The number of carbonyl (C=O) groups excluding carboxylic acids is 1. The number of hydrogen-bond acceptors (Lipinski definition) is 2. The molecule has 1 aromatic rings. The van der Waals surface area contributed by atoms with Gasteiger partial charge < -0.3 is 10.6 Å². The fourth-order valence-corrected chi connectivity index (χ4v) is 2.73. The van der Waals surface area contributed by atoms with Crippen molar-refractivity contribution >= 4 is 5.91 Å². The van der Waals surface area contributed by atoms with Crippen molar-refractivity contribution < 1.29 is 4.79 Å². The number of amides is 1. The highest BCUT2D eigenvalue weighted by atomic mass is 16.2. The summed E-state index contributed by atoms with van der Waals surface area (Å²) in [5.41, 5.74) is 1.81. The van der Waals surface area contributed by atoms with Crippen LogP contribution in [0.2, 0.25) is 0 Å². The zero-order valence-electron chi connectivity index (χ0n) is 13.0. The van der Waals surface area contributed by atoms with Crippen molar-refractivity contribution in [3.8, 4) is 0 Å². The van der Waals surface area contributed by atoms with Crippen molar-refractivity contribution in [1.29, 1.82) is 0 Å². The number of carbonyl (C=O) groups is 1. The zero-order valence-corrected chi connectivity index (χ0v) is 13.0. The molecule has 0 bridgehead atoms. The van der Waals surface area contributed by atoms with Gasteiger partial charge in [0.05, 0.1) is 5.41 Å². The summed E-state index contributed by atoms with van der Waals surface area (Å²) in [6, 6.07) is 9.02. The predicted molar refractivity (Wildman–Crippen MR) is 82.8 cm³/mol. The quantitative estimate of drug-likeness (QED) is 0.889. The second-order valence-electron chi connectivity index (χ2n) is 6.54. The third-order valence-electron chi connectivity index (χ3n) is 4.30. The molecule has 1 aliphatic heterocycles. The van der Waals surface area contributed by atoms with Crippen LogP contribution in [0.5, 0.6) is 0 Å². The van der Waals surface area contributed by atoms with Crippen LogP contribution in [0.4, 0.5) is 0 Å². The Hall–Kier alpha value is -1.35. The summed E-state index contributed by atoms with van der Waals surface area (Å²) >= 11 is 0. The molecule has 0 aromatic heterocycles.